The van der Waals surface area contributed by atoms with Crippen molar-refractivity contribution in [1.82, 2.24) is 5.32 Å². The molecule has 0 radical (unpaired) electrons. The molecule has 0 heterocycles. The minimum atomic E-state index is -4.07. The predicted octanol–water partition coefficient (Wildman–Crippen LogP) is 3.99. The summed E-state index contributed by atoms with van der Waals surface area (Å²) in [5, 5.41) is 2.46. The van der Waals surface area contributed by atoms with E-state index in [4.69, 9.17) is 11.6 Å². The average molecular weight is 433 g/mol. The third kappa shape index (κ3) is 5.13. The van der Waals surface area contributed by atoms with E-state index < -0.39 is 28.3 Å². The fraction of sp³-hybridized carbons (Fsp3) is 0.0952. The normalized spacial score (nSPS) is 11.1. The van der Waals surface area contributed by atoms with Crippen molar-refractivity contribution < 1.29 is 17.6 Å². The van der Waals surface area contributed by atoms with Crippen LogP contribution in [0.2, 0.25) is 5.02 Å². The van der Waals surface area contributed by atoms with E-state index in [1.165, 1.54) is 24.3 Å². The van der Waals surface area contributed by atoms with Gasteiger partial charge < -0.3 is 5.32 Å². The summed E-state index contributed by atoms with van der Waals surface area (Å²) in [5.74, 6) is -1.19. The average Bonchev–Trinajstić information content (AvgIpc) is 2.74. The quantitative estimate of drug-likeness (QED) is 0.613. The maximum Gasteiger partial charge on any atom is 0.264 e. The minimum absolute atomic E-state index is 0.0105. The topological polar surface area (TPSA) is 66.5 Å². The molecule has 29 heavy (non-hydrogen) atoms. The number of carbonyl (C=O) groups is 1. The summed E-state index contributed by atoms with van der Waals surface area (Å²) in [6.07, 6.45) is 0. The van der Waals surface area contributed by atoms with Crippen molar-refractivity contribution in [2.45, 2.75) is 11.4 Å². The van der Waals surface area contributed by atoms with E-state index in [1.54, 1.807) is 18.2 Å². The van der Waals surface area contributed by atoms with Crippen molar-refractivity contribution >= 4 is 33.2 Å². The summed E-state index contributed by atoms with van der Waals surface area (Å²) in [6.45, 7) is -0.227. The molecule has 0 aliphatic carbocycles. The zero-order chi connectivity index (χ0) is 20.9. The highest BCUT2D eigenvalue weighted by Crippen LogP contribution is 2.27. The fourth-order valence-corrected chi connectivity index (χ4v) is 4.27. The molecule has 0 aliphatic rings. The minimum Gasteiger partial charge on any atom is -0.350 e. The SMILES string of the molecule is O=C(CN(c1ccc(F)c(Cl)c1)S(=O)(=O)c1ccccc1)NCc1ccccc1. The molecule has 5 nitrogen and oxygen atoms in total. The van der Waals surface area contributed by atoms with Crippen LogP contribution in [0.4, 0.5) is 10.1 Å². The molecule has 0 unspecified atom stereocenters. The van der Waals surface area contributed by atoms with E-state index in [0.717, 1.165) is 15.9 Å². The van der Waals surface area contributed by atoms with Crippen LogP contribution < -0.4 is 9.62 Å². The molecule has 1 amide bonds. The summed E-state index contributed by atoms with van der Waals surface area (Å²) in [4.78, 5) is 12.5. The first kappa shape index (κ1) is 20.8. The Labute approximate surface area is 173 Å². The lowest BCUT2D eigenvalue weighted by atomic mass is 10.2. The van der Waals surface area contributed by atoms with Crippen molar-refractivity contribution in [2.75, 3.05) is 10.8 Å². The van der Waals surface area contributed by atoms with Crippen molar-refractivity contribution in [3.05, 3.63) is 95.3 Å². The van der Waals surface area contributed by atoms with Crippen LogP contribution in [0.5, 0.6) is 0 Å². The van der Waals surface area contributed by atoms with Gasteiger partial charge in [0.05, 0.1) is 15.6 Å². The van der Waals surface area contributed by atoms with Crippen LogP contribution >= 0.6 is 11.6 Å². The Kier molecular flexibility index (Phi) is 6.51. The Morgan fingerprint density at radius 1 is 0.966 bits per heavy atom. The van der Waals surface area contributed by atoms with Gasteiger partial charge in [-0.3, -0.25) is 9.10 Å². The molecule has 8 heteroatoms. The number of anilines is 1. The lowest BCUT2D eigenvalue weighted by molar-refractivity contribution is -0.119. The maximum absolute atomic E-state index is 13.6. The first-order valence-electron chi connectivity index (χ1n) is 8.71. The standard InChI is InChI=1S/C21H18ClFN2O3S/c22-19-13-17(11-12-20(19)23)25(29(27,28)18-9-5-2-6-10-18)15-21(26)24-14-16-7-3-1-4-8-16/h1-13H,14-15H2,(H,24,26). The summed E-state index contributed by atoms with van der Waals surface area (Å²) < 4.78 is 40.8. The number of sulfonamides is 1. The lowest BCUT2D eigenvalue weighted by Crippen LogP contribution is -2.40. The van der Waals surface area contributed by atoms with E-state index >= 15 is 0 Å². The van der Waals surface area contributed by atoms with Crippen molar-refractivity contribution in [1.29, 1.82) is 0 Å². The number of halogens is 2. The number of carbonyl (C=O) groups excluding carboxylic acids is 1. The van der Waals surface area contributed by atoms with E-state index in [9.17, 15) is 17.6 Å². The van der Waals surface area contributed by atoms with Gasteiger partial charge in [0, 0.05) is 6.54 Å². The third-order valence-electron chi connectivity index (χ3n) is 4.14. The van der Waals surface area contributed by atoms with Crippen LogP contribution in [0.15, 0.2) is 83.8 Å². The lowest BCUT2D eigenvalue weighted by Gasteiger charge is -2.24. The molecule has 3 rings (SSSR count). The molecule has 0 aromatic heterocycles. The molecule has 0 aliphatic heterocycles. The van der Waals surface area contributed by atoms with Gasteiger partial charge in [-0.2, -0.15) is 0 Å². The molecule has 150 valence electrons. The Morgan fingerprint density at radius 3 is 2.21 bits per heavy atom. The van der Waals surface area contributed by atoms with E-state index in [2.05, 4.69) is 5.32 Å². The van der Waals surface area contributed by atoms with Gasteiger partial charge in [-0.15, -0.1) is 0 Å². The van der Waals surface area contributed by atoms with Gasteiger partial charge in [0.15, 0.2) is 0 Å². The second-order valence-corrected chi connectivity index (χ2v) is 8.45. The summed E-state index contributed by atoms with van der Waals surface area (Å²) >= 11 is 5.83. The maximum atomic E-state index is 13.6. The van der Waals surface area contributed by atoms with Crippen LogP contribution in [0.3, 0.4) is 0 Å². The third-order valence-corrected chi connectivity index (χ3v) is 6.22. The first-order chi connectivity index (χ1) is 13.9. The van der Waals surface area contributed by atoms with Crippen molar-refractivity contribution in [3.63, 3.8) is 0 Å². The van der Waals surface area contributed by atoms with Gasteiger partial charge in [-0.1, -0.05) is 60.1 Å². The molecule has 0 fully saturated rings. The molecule has 0 saturated carbocycles. The summed E-state index contributed by atoms with van der Waals surface area (Å²) in [5.41, 5.74) is 0.971. The molecule has 0 spiro atoms. The summed E-state index contributed by atoms with van der Waals surface area (Å²) in [6, 6.07) is 20.4. The number of benzene rings is 3. The molecule has 1 N–H and O–H groups in total. The number of amides is 1. The van der Waals surface area contributed by atoms with Crippen molar-refractivity contribution in [2.24, 2.45) is 0 Å². The highest BCUT2D eigenvalue weighted by Gasteiger charge is 2.27. The van der Waals surface area contributed by atoms with Crippen LogP contribution in [-0.4, -0.2) is 20.9 Å². The molecule has 0 atom stereocenters. The highest BCUT2D eigenvalue weighted by molar-refractivity contribution is 7.92. The Bertz CT molecular complexity index is 1090. The molecule has 3 aromatic carbocycles. The van der Waals surface area contributed by atoms with Crippen molar-refractivity contribution in [3.8, 4) is 0 Å². The van der Waals surface area contributed by atoms with Gasteiger partial charge in [0.25, 0.3) is 10.0 Å². The van der Waals surface area contributed by atoms with Gasteiger partial charge in [0.1, 0.15) is 12.4 Å². The monoisotopic (exact) mass is 432 g/mol. The van der Waals surface area contributed by atoms with E-state index in [1.807, 2.05) is 30.3 Å². The largest absolute Gasteiger partial charge is 0.350 e. The Balaban J connectivity index is 1.88. The molecule has 0 saturated heterocycles. The smallest absolute Gasteiger partial charge is 0.264 e. The van der Waals surface area contributed by atoms with Crippen LogP contribution in [0, 0.1) is 5.82 Å². The predicted molar refractivity (Wildman–Crippen MR) is 111 cm³/mol. The molecular formula is C21H18ClFN2O3S. The zero-order valence-corrected chi connectivity index (χ0v) is 16.8. The van der Waals surface area contributed by atoms with Crippen LogP contribution in [-0.2, 0) is 21.4 Å². The van der Waals surface area contributed by atoms with E-state index in [-0.39, 0.29) is 22.2 Å². The number of hydrogen-bond donors (Lipinski definition) is 1. The van der Waals surface area contributed by atoms with Gasteiger partial charge in [-0.25, -0.2) is 12.8 Å². The number of nitrogens with zero attached hydrogens (tertiary/aromatic N) is 1. The molecule has 0 bridgehead atoms. The Hall–Kier alpha value is -2.90. The second-order valence-electron chi connectivity index (χ2n) is 6.19. The summed E-state index contributed by atoms with van der Waals surface area (Å²) in [7, 11) is -4.07. The van der Waals surface area contributed by atoms with E-state index in [0.29, 0.717) is 0 Å². The number of rotatable bonds is 7. The number of hydrogen-bond acceptors (Lipinski definition) is 3. The zero-order valence-electron chi connectivity index (χ0n) is 15.3. The van der Waals surface area contributed by atoms with Crippen LogP contribution in [0.25, 0.3) is 0 Å². The first-order valence-corrected chi connectivity index (χ1v) is 10.5. The second kappa shape index (κ2) is 9.07. The Morgan fingerprint density at radius 2 is 1.59 bits per heavy atom. The fourth-order valence-electron chi connectivity index (χ4n) is 2.66. The number of nitrogens with one attached hydrogen (secondary N) is 1. The molecule has 3 aromatic rings. The van der Waals surface area contributed by atoms with Gasteiger partial charge >= 0.3 is 0 Å². The highest BCUT2D eigenvalue weighted by atomic mass is 35.5. The van der Waals surface area contributed by atoms with Gasteiger partial charge in [-0.05, 0) is 35.9 Å². The molecular weight excluding hydrogens is 415 g/mol. The van der Waals surface area contributed by atoms with Gasteiger partial charge in [0.2, 0.25) is 5.91 Å². The van der Waals surface area contributed by atoms with Crippen LogP contribution in [0.1, 0.15) is 5.56 Å².